The quantitative estimate of drug-likeness (QED) is 0.418. The SMILES string of the molecule is COc1cc(/C=N/NC(=O)CC(=O)Nc2ccc(Cl)cc2)ccc1O. The zero-order valence-electron chi connectivity index (χ0n) is 13.3. The summed E-state index contributed by atoms with van der Waals surface area (Å²) in [6, 6.07) is 11.1. The average Bonchev–Trinajstić information content (AvgIpc) is 2.58. The van der Waals surface area contributed by atoms with Crippen LogP contribution in [-0.2, 0) is 9.59 Å². The summed E-state index contributed by atoms with van der Waals surface area (Å²) in [6.07, 6.45) is 0.996. The van der Waals surface area contributed by atoms with Crippen LogP contribution in [0.2, 0.25) is 5.02 Å². The van der Waals surface area contributed by atoms with Crippen LogP contribution in [0.5, 0.6) is 11.5 Å². The lowest BCUT2D eigenvalue weighted by Gasteiger charge is -2.05. The highest BCUT2D eigenvalue weighted by Crippen LogP contribution is 2.25. The van der Waals surface area contributed by atoms with Gasteiger partial charge in [0.25, 0.3) is 0 Å². The number of anilines is 1. The molecule has 0 aliphatic heterocycles. The first-order valence-electron chi connectivity index (χ1n) is 7.22. The van der Waals surface area contributed by atoms with Crippen molar-refractivity contribution in [3.63, 3.8) is 0 Å². The minimum absolute atomic E-state index is 0.00237. The Hall–Kier alpha value is -3.06. The number of nitrogens with one attached hydrogen (secondary N) is 2. The van der Waals surface area contributed by atoms with Gasteiger partial charge in [0.1, 0.15) is 6.42 Å². The number of halogens is 1. The van der Waals surface area contributed by atoms with Crippen molar-refractivity contribution in [2.24, 2.45) is 5.10 Å². The number of nitrogens with zero attached hydrogens (tertiary/aromatic N) is 1. The van der Waals surface area contributed by atoms with Crippen LogP contribution >= 0.6 is 11.6 Å². The molecule has 0 unspecified atom stereocenters. The fourth-order valence-corrected chi connectivity index (χ4v) is 2.00. The lowest BCUT2D eigenvalue weighted by atomic mass is 10.2. The molecule has 0 bridgehead atoms. The summed E-state index contributed by atoms with van der Waals surface area (Å²) in [4.78, 5) is 23.5. The smallest absolute Gasteiger partial charge is 0.249 e. The predicted molar refractivity (Wildman–Crippen MR) is 95.1 cm³/mol. The predicted octanol–water partition coefficient (Wildman–Crippen LogP) is 2.53. The summed E-state index contributed by atoms with van der Waals surface area (Å²) in [7, 11) is 1.43. The Morgan fingerprint density at radius 2 is 1.92 bits per heavy atom. The van der Waals surface area contributed by atoms with Crippen LogP contribution in [-0.4, -0.2) is 30.2 Å². The number of methoxy groups -OCH3 is 1. The molecule has 2 rings (SSSR count). The molecule has 0 aliphatic rings. The Morgan fingerprint density at radius 3 is 2.60 bits per heavy atom. The van der Waals surface area contributed by atoms with Crippen LogP contribution < -0.4 is 15.5 Å². The minimum Gasteiger partial charge on any atom is -0.504 e. The highest BCUT2D eigenvalue weighted by atomic mass is 35.5. The first-order valence-corrected chi connectivity index (χ1v) is 7.60. The Balaban J connectivity index is 1.83. The second-order valence-corrected chi connectivity index (χ2v) is 5.39. The van der Waals surface area contributed by atoms with Crippen LogP contribution in [0.15, 0.2) is 47.6 Å². The van der Waals surface area contributed by atoms with E-state index < -0.39 is 11.8 Å². The van der Waals surface area contributed by atoms with Gasteiger partial charge in [-0.25, -0.2) is 5.43 Å². The van der Waals surface area contributed by atoms with Crippen LogP contribution in [0.25, 0.3) is 0 Å². The Kier molecular flexibility index (Phi) is 6.36. The summed E-state index contributed by atoms with van der Waals surface area (Å²) in [5.41, 5.74) is 3.41. The lowest BCUT2D eigenvalue weighted by Crippen LogP contribution is -2.24. The van der Waals surface area contributed by atoms with Crippen molar-refractivity contribution in [3.05, 3.63) is 53.1 Å². The third-order valence-electron chi connectivity index (χ3n) is 3.06. The topological polar surface area (TPSA) is 100 Å². The summed E-state index contributed by atoms with van der Waals surface area (Å²) in [5, 5.41) is 16.4. The molecule has 0 saturated heterocycles. The normalized spacial score (nSPS) is 10.5. The lowest BCUT2D eigenvalue weighted by molar-refractivity contribution is -0.126. The van der Waals surface area contributed by atoms with Gasteiger partial charge >= 0.3 is 0 Å². The zero-order chi connectivity index (χ0) is 18.2. The minimum atomic E-state index is -0.562. The molecule has 2 aromatic carbocycles. The van der Waals surface area contributed by atoms with Crippen molar-refractivity contribution in [1.29, 1.82) is 0 Å². The number of benzene rings is 2. The molecule has 25 heavy (non-hydrogen) atoms. The number of ether oxygens (including phenoxy) is 1. The monoisotopic (exact) mass is 361 g/mol. The molecule has 0 spiro atoms. The molecule has 0 radical (unpaired) electrons. The van der Waals surface area contributed by atoms with Crippen molar-refractivity contribution < 1.29 is 19.4 Å². The molecule has 130 valence electrons. The Labute approximate surface area is 149 Å². The molecule has 3 N–H and O–H groups in total. The van der Waals surface area contributed by atoms with E-state index in [0.29, 0.717) is 16.3 Å². The van der Waals surface area contributed by atoms with Gasteiger partial charge in [-0.2, -0.15) is 5.10 Å². The molecular formula is C17H16ClN3O4. The number of phenolic OH excluding ortho intramolecular Hbond substituents is 1. The molecule has 0 aromatic heterocycles. The van der Waals surface area contributed by atoms with E-state index in [2.05, 4.69) is 15.8 Å². The summed E-state index contributed by atoms with van der Waals surface area (Å²) in [5.74, 6) is -0.741. The Morgan fingerprint density at radius 1 is 1.20 bits per heavy atom. The fraction of sp³-hybridized carbons (Fsp3) is 0.118. The molecule has 2 amide bonds. The van der Waals surface area contributed by atoms with Crippen LogP contribution in [0.1, 0.15) is 12.0 Å². The van der Waals surface area contributed by atoms with Crippen molar-refractivity contribution in [3.8, 4) is 11.5 Å². The summed E-state index contributed by atoms with van der Waals surface area (Å²) in [6.45, 7) is 0. The van der Waals surface area contributed by atoms with Crippen LogP contribution in [0, 0.1) is 0 Å². The van der Waals surface area contributed by atoms with E-state index in [0.717, 1.165) is 0 Å². The number of aromatic hydroxyl groups is 1. The maximum Gasteiger partial charge on any atom is 0.249 e. The molecular weight excluding hydrogens is 346 g/mol. The van der Waals surface area contributed by atoms with Crippen LogP contribution in [0.4, 0.5) is 5.69 Å². The highest BCUT2D eigenvalue weighted by Gasteiger charge is 2.09. The van der Waals surface area contributed by atoms with E-state index in [1.54, 1.807) is 36.4 Å². The molecule has 8 heteroatoms. The largest absolute Gasteiger partial charge is 0.504 e. The number of hydrogen-bond acceptors (Lipinski definition) is 5. The molecule has 0 saturated carbocycles. The molecule has 0 heterocycles. The number of amides is 2. The number of carbonyl (C=O) groups is 2. The number of carbonyl (C=O) groups excluding carboxylic acids is 2. The maximum atomic E-state index is 11.8. The molecule has 0 aliphatic carbocycles. The van der Waals surface area contributed by atoms with Gasteiger partial charge < -0.3 is 15.2 Å². The van der Waals surface area contributed by atoms with E-state index in [-0.39, 0.29) is 17.9 Å². The van der Waals surface area contributed by atoms with E-state index in [1.165, 1.54) is 19.4 Å². The summed E-state index contributed by atoms with van der Waals surface area (Å²) >= 11 is 5.75. The molecule has 0 fully saturated rings. The Bertz CT molecular complexity index is 791. The molecule has 2 aromatic rings. The van der Waals surface area contributed by atoms with Gasteiger partial charge in [-0.3, -0.25) is 9.59 Å². The molecule has 0 atom stereocenters. The van der Waals surface area contributed by atoms with E-state index in [9.17, 15) is 14.7 Å². The van der Waals surface area contributed by atoms with Crippen molar-refractivity contribution >= 4 is 35.3 Å². The zero-order valence-corrected chi connectivity index (χ0v) is 14.1. The van der Waals surface area contributed by atoms with Gasteiger partial charge in [-0.05, 0) is 48.0 Å². The van der Waals surface area contributed by atoms with Gasteiger partial charge in [0.05, 0.1) is 13.3 Å². The summed E-state index contributed by atoms with van der Waals surface area (Å²) < 4.78 is 4.97. The van der Waals surface area contributed by atoms with Gasteiger partial charge in [-0.1, -0.05) is 11.6 Å². The number of hydrazone groups is 1. The highest BCUT2D eigenvalue weighted by molar-refractivity contribution is 6.30. The van der Waals surface area contributed by atoms with Crippen molar-refractivity contribution in [1.82, 2.24) is 5.43 Å². The second kappa shape index (κ2) is 8.70. The van der Waals surface area contributed by atoms with Crippen molar-refractivity contribution in [2.45, 2.75) is 6.42 Å². The van der Waals surface area contributed by atoms with Crippen LogP contribution in [0.3, 0.4) is 0 Å². The van der Waals surface area contributed by atoms with Gasteiger partial charge in [0.2, 0.25) is 11.8 Å². The van der Waals surface area contributed by atoms with E-state index in [4.69, 9.17) is 16.3 Å². The third-order valence-corrected chi connectivity index (χ3v) is 3.31. The van der Waals surface area contributed by atoms with Crippen molar-refractivity contribution in [2.75, 3.05) is 12.4 Å². The fourth-order valence-electron chi connectivity index (χ4n) is 1.88. The van der Waals surface area contributed by atoms with Gasteiger partial charge in [0, 0.05) is 10.7 Å². The standard InChI is InChI=1S/C17H16ClN3O4/c1-25-15-8-11(2-7-14(15)22)10-19-21-17(24)9-16(23)20-13-5-3-12(18)4-6-13/h2-8,10,22H,9H2,1H3,(H,20,23)(H,21,24)/b19-10+. The maximum absolute atomic E-state index is 11.8. The number of hydrogen-bond donors (Lipinski definition) is 3. The van der Waals surface area contributed by atoms with Gasteiger partial charge in [-0.15, -0.1) is 0 Å². The third kappa shape index (κ3) is 5.82. The number of phenols is 1. The van der Waals surface area contributed by atoms with E-state index >= 15 is 0 Å². The first kappa shape index (κ1) is 18.3. The average molecular weight is 362 g/mol. The van der Waals surface area contributed by atoms with Gasteiger partial charge in [0.15, 0.2) is 11.5 Å². The second-order valence-electron chi connectivity index (χ2n) is 4.96. The van der Waals surface area contributed by atoms with E-state index in [1.807, 2.05) is 0 Å². The molecule has 7 nitrogen and oxygen atoms in total. The number of rotatable bonds is 6. The first-order chi connectivity index (χ1) is 12.0.